The number of aliphatic hydroxyl groups excluding tert-OH is 1. The molecule has 20 heavy (non-hydrogen) atoms. The first-order chi connectivity index (χ1) is 9.27. The third-order valence-corrected chi connectivity index (χ3v) is 2.29. The van der Waals surface area contributed by atoms with Gasteiger partial charge >= 0.3 is 12.0 Å². The minimum absolute atomic E-state index is 0.252. The summed E-state index contributed by atoms with van der Waals surface area (Å²) in [4.78, 5) is 33.6. The number of primary amides is 1. The number of aliphatic hydroxyl groups is 1. The molecule has 0 fully saturated rings. The van der Waals surface area contributed by atoms with Crippen molar-refractivity contribution in [2.24, 2.45) is 5.73 Å². The van der Waals surface area contributed by atoms with Crippen LogP contribution in [-0.4, -0.2) is 65.2 Å². The lowest BCUT2D eigenvalue weighted by atomic mass is 10.1. The Hall–Kier alpha value is -1.97. The first kappa shape index (κ1) is 18.0. The summed E-state index contributed by atoms with van der Waals surface area (Å²) in [6.07, 6.45) is -3.34. The van der Waals surface area contributed by atoms with Gasteiger partial charge in [0.25, 0.3) is 6.43 Å². The monoisotopic (exact) mass is 297 g/mol. The zero-order valence-electron chi connectivity index (χ0n) is 10.6. The van der Waals surface area contributed by atoms with Gasteiger partial charge in [-0.1, -0.05) is 0 Å². The highest BCUT2D eigenvalue weighted by Gasteiger charge is 2.24. The van der Waals surface area contributed by atoms with Crippen molar-refractivity contribution in [3.05, 3.63) is 0 Å². The Kier molecular flexibility index (Phi) is 8.13. The number of hydrogen-bond acceptors (Lipinski definition) is 4. The van der Waals surface area contributed by atoms with E-state index >= 15 is 0 Å². The van der Waals surface area contributed by atoms with Gasteiger partial charge in [0.05, 0.1) is 13.2 Å². The van der Waals surface area contributed by atoms with Crippen LogP contribution in [0.3, 0.4) is 0 Å². The zero-order valence-corrected chi connectivity index (χ0v) is 10.6. The maximum atomic E-state index is 12.2. The number of nitrogens with zero attached hydrogens (tertiary/aromatic N) is 1. The Morgan fingerprint density at radius 1 is 1.30 bits per heavy atom. The Morgan fingerprint density at radius 2 is 1.90 bits per heavy atom. The number of nitrogens with two attached hydrogens (primary N) is 1. The van der Waals surface area contributed by atoms with Gasteiger partial charge in [-0.15, -0.1) is 0 Å². The minimum atomic E-state index is -2.82. The smallest absolute Gasteiger partial charge is 0.326 e. The summed E-state index contributed by atoms with van der Waals surface area (Å²) in [5, 5.41) is 19.5. The van der Waals surface area contributed by atoms with E-state index in [1.54, 1.807) is 0 Å². The number of carboxylic acid groups (broad SMARTS) is 1. The van der Waals surface area contributed by atoms with E-state index in [4.69, 9.17) is 15.9 Å². The van der Waals surface area contributed by atoms with E-state index < -0.39 is 43.5 Å². The molecule has 0 bridgehead atoms. The molecule has 0 aromatic carbocycles. The van der Waals surface area contributed by atoms with Gasteiger partial charge in [0.1, 0.15) is 6.04 Å². The summed E-state index contributed by atoms with van der Waals surface area (Å²) in [5.41, 5.74) is 4.86. The van der Waals surface area contributed by atoms with Crippen molar-refractivity contribution in [1.82, 2.24) is 10.2 Å². The largest absolute Gasteiger partial charge is 0.480 e. The van der Waals surface area contributed by atoms with Crippen LogP contribution in [0.5, 0.6) is 0 Å². The van der Waals surface area contributed by atoms with Crippen molar-refractivity contribution >= 4 is 17.9 Å². The van der Waals surface area contributed by atoms with Gasteiger partial charge in [-0.3, -0.25) is 4.79 Å². The van der Waals surface area contributed by atoms with Gasteiger partial charge in [-0.05, 0) is 6.42 Å². The zero-order chi connectivity index (χ0) is 15.7. The van der Waals surface area contributed by atoms with E-state index in [0.29, 0.717) is 4.90 Å². The molecule has 116 valence electrons. The third-order valence-electron chi connectivity index (χ3n) is 2.29. The summed E-state index contributed by atoms with van der Waals surface area (Å²) in [5.74, 6) is -2.16. The molecule has 0 unspecified atom stereocenters. The Bertz CT molecular complexity index is 354. The van der Waals surface area contributed by atoms with Crippen LogP contribution < -0.4 is 11.1 Å². The van der Waals surface area contributed by atoms with Crippen LogP contribution in [0, 0.1) is 0 Å². The number of amides is 3. The van der Waals surface area contributed by atoms with Gasteiger partial charge in [-0.25, -0.2) is 18.4 Å². The van der Waals surface area contributed by atoms with Crippen molar-refractivity contribution in [3.8, 4) is 0 Å². The van der Waals surface area contributed by atoms with Gasteiger partial charge in [0.2, 0.25) is 5.91 Å². The highest BCUT2D eigenvalue weighted by atomic mass is 19.3. The fourth-order valence-corrected chi connectivity index (χ4v) is 1.35. The van der Waals surface area contributed by atoms with Crippen LogP contribution >= 0.6 is 0 Å². The second kappa shape index (κ2) is 9.02. The summed E-state index contributed by atoms with van der Waals surface area (Å²) in [6, 6.07) is -2.48. The standard InChI is InChI=1S/C10H17F2N3O5/c11-7(12)5-15(3-4-16)10(20)14-6(9(18)19)1-2-8(13)17/h6-7,16H,1-5H2,(H2,13,17)(H,14,20)(H,18,19)/t6-/m1/s1. The van der Waals surface area contributed by atoms with Crippen molar-refractivity contribution in [2.45, 2.75) is 25.3 Å². The van der Waals surface area contributed by atoms with E-state index in [9.17, 15) is 23.2 Å². The Morgan fingerprint density at radius 3 is 2.30 bits per heavy atom. The van der Waals surface area contributed by atoms with Crippen molar-refractivity contribution in [1.29, 1.82) is 0 Å². The number of aliphatic carboxylic acids is 1. The first-order valence-electron chi connectivity index (χ1n) is 5.73. The van der Waals surface area contributed by atoms with Gasteiger partial charge < -0.3 is 26.2 Å². The highest BCUT2D eigenvalue weighted by Crippen LogP contribution is 2.02. The molecule has 0 aromatic rings. The molecule has 0 heterocycles. The number of hydrogen-bond donors (Lipinski definition) is 4. The van der Waals surface area contributed by atoms with Gasteiger partial charge in [0.15, 0.2) is 0 Å². The molecule has 0 spiro atoms. The van der Waals surface area contributed by atoms with Crippen LogP contribution in [0.4, 0.5) is 13.6 Å². The molecule has 0 aliphatic heterocycles. The first-order valence-corrected chi connectivity index (χ1v) is 5.73. The molecular formula is C10H17F2N3O5. The molecule has 8 nitrogen and oxygen atoms in total. The number of halogens is 2. The van der Waals surface area contributed by atoms with Crippen LogP contribution in [-0.2, 0) is 9.59 Å². The predicted molar refractivity (Wildman–Crippen MR) is 63.0 cm³/mol. The fourth-order valence-electron chi connectivity index (χ4n) is 1.35. The molecule has 10 heteroatoms. The molecule has 0 aliphatic carbocycles. The molecule has 0 rings (SSSR count). The SMILES string of the molecule is NC(=O)CC[C@@H](NC(=O)N(CCO)CC(F)F)C(=O)O. The minimum Gasteiger partial charge on any atom is -0.480 e. The van der Waals surface area contributed by atoms with Crippen LogP contribution in [0.15, 0.2) is 0 Å². The number of urea groups is 1. The number of alkyl halides is 2. The lowest BCUT2D eigenvalue weighted by Gasteiger charge is -2.24. The number of nitrogens with one attached hydrogen (secondary N) is 1. The average molecular weight is 297 g/mol. The third kappa shape index (κ3) is 7.46. The number of rotatable bonds is 9. The van der Waals surface area contributed by atoms with E-state index in [2.05, 4.69) is 0 Å². The normalized spacial score (nSPS) is 12.0. The highest BCUT2D eigenvalue weighted by molar-refractivity contribution is 5.83. The second-order valence-corrected chi connectivity index (χ2v) is 3.91. The molecule has 1 atom stereocenters. The van der Waals surface area contributed by atoms with E-state index in [0.717, 1.165) is 0 Å². The van der Waals surface area contributed by atoms with Crippen LogP contribution in [0.25, 0.3) is 0 Å². The Balaban J connectivity index is 4.60. The molecule has 0 radical (unpaired) electrons. The summed E-state index contributed by atoms with van der Waals surface area (Å²) in [7, 11) is 0. The van der Waals surface area contributed by atoms with Crippen LogP contribution in [0.2, 0.25) is 0 Å². The van der Waals surface area contributed by atoms with E-state index in [1.807, 2.05) is 5.32 Å². The second-order valence-electron chi connectivity index (χ2n) is 3.91. The lowest BCUT2D eigenvalue weighted by molar-refractivity contribution is -0.139. The predicted octanol–water partition coefficient (Wildman–Crippen LogP) is -1.03. The quantitative estimate of drug-likeness (QED) is 0.432. The van der Waals surface area contributed by atoms with E-state index in [-0.39, 0.29) is 19.4 Å². The van der Waals surface area contributed by atoms with Crippen LogP contribution in [0.1, 0.15) is 12.8 Å². The molecule has 3 amide bonds. The van der Waals surface area contributed by atoms with Gasteiger partial charge in [-0.2, -0.15) is 0 Å². The molecule has 0 aromatic heterocycles. The van der Waals surface area contributed by atoms with Crippen molar-refractivity contribution in [3.63, 3.8) is 0 Å². The summed E-state index contributed by atoms with van der Waals surface area (Å²) in [6.45, 7) is -1.84. The summed E-state index contributed by atoms with van der Waals surface area (Å²) < 4.78 is 24.5. The molecule has 0 aliphatic rings. The van der Waals surface area contributed by atoms with Crippen molar-refractivity contribution < 1.29 is 33.4 Å². The Labute approximate surface area is 113 Å². The number of carbonyl (C=O) groups is 3. The molecular weight excluding hydrogens is 280 g/mol. The maximum Gasteiger partial charge on any atom is 0.326 e. The summed E-state index contributed by atoms with van der Waals surface area (Å²) >= 11 is 0. The number of carboxylic acids is 1. The van der Waals surface area contributed by atoms with Crippen molar-refractivity contribution in [2.75, 3.05) is 19.7 Å². The lowest BCUT2D eigenvalue weighted by Crippen LogP contribution is -2.50. The van der Waals surface area contributed by atoms with Gasteiger partial charge in [0, 0.05) is 13.0 Å². The average Bonchev–Trinajstić information content (AvgIpc) is 2.32. The fraction of sp³-hybridized carbons (Fsp3) is 0.700. The maximum absolute atomic E-state index is 12.2. The molecule has 0 saturated heterocycles. The van der Waals surface area contributed by atoms with E-state index in [1.165, 1.54) is 0 Å². The molecule has 5 N–H and O–H groups in total. The molecule has 0 saturated carbocycles. The topological polar surface area (TPSA) is 133 Å². The number of carbonyl (C=O) groups excluding carboxylic acids is 2.